The molecule has 2 nitrogen and oxygen atoms in total. The van der Waals surface area contributed by atoms with Gasteiger partial charge in [-0.05, 0) is 72.2 Å². The van der Waals surface area contributed by atoms with E-state index in [0.717, 1.165) is 27.6 Å². The van der Waals surface area contributed by atoms with Crippen LogP contribution in [0.1, 0.15) is 33.9 Å². The van der Waals surface area contributed by atoms with E-state index in [1.54, 1.807) is 0 Å². The first-order chi connectivity index (χ1) is 9.56. The molecule has 0 fully saturated rings. The molecule has 0 radical (unpaired) electrons. The third-order valence-electron chi connectivity index (χ3n) is 4.07. The van der Waals surface area contributed by atoms with E-state index < -0.39 is 6.10 Å². The molecule has 20 heavy (non-hydrogen) atoms. The van der Waals surface area contributed by atoms with Gasteiger partial charge in [0.1, 0.15) is 6.10 Å². The molecular formula is C18H19NO. The van der Waals surface area contributed by atoms with Crippen LogP contribution in [0, 0.1) is 20.8 Å². The molecule has 1 atom stereocenters. The van der Waals surface area contributed by atoms with Crippen LogP contribution in [0.3, 0.4) is 0 Å². The number of aryl methyl sites for hydroxylation is 3. The Morgan fingerprint density at radius 3 is 2.45 bits per heavy atom. The van der Waals surface area contributed by atoms with E-state index in [4.69, 9.17) is 0 Å². The summed E-state index contributed by atoms with van der Waals surface area (Å²) in [6, 6.07) is 12.3. The average molecular weight is 265 g/mol. The number of aliphatic hydroxyl groups excluding tert-OH is 1. The summed E-state index contributed by atoms with van der Waals surface area (Å²) in [7, 11) is 0. The maximum Gasteiger partial charge on any atom is 0.104 e. The highest BCUT2D eigenvalue weighted by Gasteiger charge is 2.14. The lowest BCUT2D eigenvalue weighted by atomic mass is 9.93. The van der Waals surface area contributed by atoms with Crippen molar-refractivity contribution in [2.45, 2.75) is 26.9 Å². The molecule has 0 saturated carbocycles. The molecule has 0 bridgehead atoms. The minimum Gasteiger partial charge on any atom is -0.384 e. The van der Waals surface area contributed by atoms with Crippen LogP contribution in [0.15, 0.2) is 42.6 Å². The number of fused-ring (bicyclic) bond motifs is 1. The number of aromatic nitrogens is 1. The summed E-state index contributed by atoms with van der Waals surface area (Å²) in [5.41, 5.74) is 6.63. The van der Waals surface area contributed by atoms with Gasteiger partial charge in [0.05, 0.1) is 0 Å². The fraction of sp³-hybridized carbons (Fsp3) is 0.222. The smallest absolute Gasteiger partial charge is 0.104 e. The fourth-order valence-corrected chi connectivity index (χ4v) is 2.70. The van der Waals surface area contributed by atoms with Gasteiger partial charge >= 0.3 is 0 Å². The van der Waals surface area contributed by atoms with Crippen molar-refractivity contribution in [1.29, 1.82) is 0 Å². The lowest BCUT2D eigenvalue weighted by Gasteiger charge is -2.16. The van der Waals surface area contributed by atoms with Crippen LogP contribution in [-0.2, 0) is 0 Å². The lowest BCUT2D eigenvalue weighted by molar-refractivity contribution is 0.219. The molecule has 0 amide bonds. The van der Waals surface area contributed by atoms with E-state index in [9.17, 15) is 5.11 Å². The predicted octanol–water partition coefficient (Wildman–Crippen LogP) is 4.17. The van der Waals surface area contributed by atoms with Gasteiger partial charge < -0.3 is 10.1 Å². The molecule has 0 aliphatic heterocycles. The number of benzene rings is 2. The van der Waals surface area contributed by atoms with E-state index in [1.807, 2.05) is 30.5 Å². The third-order valence-corrected chi connectivity index (χ3v) is 4.07. The van der Waals surface area contributed by atoms with Gasteiger partial charge in [-0.3, -0.25) is 0 Å². The topological polar surface area (TPSA) is 36.0 Å². The zero-order chi connectivity index (χ0) is 14.3. The van der Waals surface area contributed by atoms with E-state index in [-0.39, 0.29) is 0 Å². The van der Waals surface area contributed by atoms with Gasteiger partial charge in [-0.2, -0.15) is 0 Å². The number of H-pyrrole nitrogens is 1. The van der Waals surface area contributed by atoms with Crippen LogP contribution in [0.25, 0.3) is 10.9 Å². The molecule has 3 aromatic rings. The number of aromatic amines is 1. The molecule has 2 N–H and O–H groups in total. The van der Waals surface area contributed by atoms with E-state index in [0.29, 0.717) is 0 Å². The van der Waals surface area contributed by atoms with E-state index >= 15 is 0 Å². The predicted molar refractivity (Wildman–Crippen MR) is 83.0 cm³/mol. The molecule has 0 aliphatic rings. The van der Waals surface area contributed by atoms with Crippen LogP contribution < -0.4 is 0 Å². The van der Waals surface area contributed by atoms with Crippen LogP contribution in [0.2, 0.25) is 0 Å². The Balaban J connectivity index is 2.07. The Morgan fingerprint density at radius 1 is 0.900 bits per heavy atom. The van der Waals surface area contributed by atoms with Crippen LogP contribution in [-0.4, -0.2) is 10.1 Å². The Kier molecular flexibility index (Phi) is 3.11. The summed E-state index contributed by atoms with van der Waals surface area (Å²) in [6.45, 7) is 6.24. The van der Waals surface area contributed by atoms with E-state index in [1.165, 1.54) is 11.1 Å². The Hall–Kier alpha value is -2.06. The van der Waals surface area contributed by atoms with Crippen molar-refractivity contribution in [1.82, 2.24) is 4.98 Å². The summed E-state index contributed by atoms with van der Waals surface area (Å²) < 4.78 is 0. The summed E-state index contributed by atoms with van der Waals surface area (Å²) in [5, 5.41) is 11.8. The van der Waals surface area contributed by atoms with Crippen molar-refractivity contribution < 1.29 is 5.11 Å². The monoisotopic (exact) mass is 265 g/mol. The van der Waals surface area contributed by atoms with Gasteiger partial charge in [-0.1, -0.05) is 18.2 Å². The standard InChI is InChI=1S/C18H19NO/c1-11-8-13(3)16(9-12(11)2)18(20)15-4-5-17-14(10-15)6-7-19-17/h4-10,18-20H,1-3H3. The second kappa shape index (κ2) is 4.80. The van der Waals surface area contributed by atoms with Crippen LogP contribution in [0.5, 0.6) is 0 Å². The molecule has 1 heterocycles. The molecule has 2 heteroatoms. The maximum absolute atomic E-state index is 10.7. The second-order valence-corrected chi connectivity index (χ2v) is 5.52. The number of aliphatic hydroxyl groups is 1. The summed E-state index contributed by atoms with van der Waals surface area (Å²) in [6.07, 6.45) is 1.34. The largest absolute Gasteiger partial charge is 0.384 e. The normalized spacial score (nSPS) is 12.8. The first-order valence-corrected chi connectivity index (χ1v) is 6.89. The summed E-state index contributed by atoms with van der Waals surface area (Å²) in [5.74, 6) is 0. The number of nitrogens with one attached hydrogen (secondary N) is 1. The minimum absolute atomic E-state index is 0.575. The van der Waals surface area contributed by atoms with Crippen molar-refractivity contribution in [2.75, 3.05) is 0 Å². The Labute approximate surface area is 119 Å². The highest BCUT2D eigenvalue weighted by atomic mass is 16.3. The summed E-state index contributed by atoms with van der Waals surface area (Å²) >= 11 is 0. The lowest BCUT2D eigenvalue weighted by Crippen LogP contribution is -2.03. The number of hydrogen-bond acceptors (Lipinski definition) is 1. The number of hydrogen-bond donors (Lipinski definition) is 2. The van der Waals surface area contributed by atoms with E-state index in [2.05, 4.69) is 37.9 Å². The molecular weight excluding hydrogens is 246 g/mol. The van der Waals surface area contributed by atoms with Crippen molar-refractivity contribution in [3.63, 3.8) is 0 Å². The molecule has 0 spiro atoms. The zero-order valence-corrected chi connectivity index (χ0v) is 12.1. The first kappa shape index (κ1) is 12.9. The fourth-order valence-electron chi connectivity index (χ4n) is 2.70. The SMILES string of the molecule is Cc1cc(C)c(C(O)c2ccc3[nH]ccc3c2)cc1C. The molecule has 3 rings (SSSR count). The van der Waals surface area contributed by atoms with Crippen molar-refractivity contribution in [3.8, 4) is 0 Å². The zero-order valence-electron chi connectivity index (χ0n) is 12.1. The molecule has 1 unspecified atom stereocenters. The maximum atomic E-state index is 10.7. The second-order valence-electron chi connectivity index (χ2n) is 5.52. The molecule has 0 aliphatic carbocycles. The Morgan fingerprint density at radius 2 is 1.65 bits per heavy atom. The van der Waals surface area contributed by atoms with Gasteiger partial charge in [0.25, 0.3) is 0 Å². The summed E-state index contributed by atoms with van der Waals surface area (Å²) in [4.78, 5) is 3.17. The van der Waals surface area contributed by atoms with Crippen molar-refractivity contribution in [3.05, 3.63) is 70.4 Å². The first-order valence-electron chi connectivity index (χ1n) is 6.89. The quantitative estimate of drug-likeness (QED) is 0.716. The van der Waals surface area contributed by atoms with Gasteiger partial charge in [0.2, 0.25) is 0 Å². The Bertz CT molecular complexity index is 770. The molecule has 2 aromatic carbocycles. The van der Waals surface area contributed by atoms with Gasteiger partial charge in [-0.25, -0.2) is 0 Å². The highest BCUT2D eigenvalue weighted by molar-refractivity contribution is 5.80. The molecule has 1 aromatic heterocycles. The van der Waals surface area contributed by atoms with Crippen molar-refractivity contribution >= 4 is 10.9 Å². The van der Waals surface area contributed by atoms with Gasteiger partial charge in [0, 0.05) is 11.7 Å². The van der Waals surface area contributed by atoms with Gasteiger partial charge in [-0.15, -0.1) is 0 Å². The minimum atomic E-state index is -0.575. The third kappa shape index (κ3) is 2.12. The van der Waals surface area contributed by atoms with Crippen LogP contribution in [0.4, 0.5) is 0 Å². The van der Waals surface area contributed by atoms with Gasteiger partial charge in [0.15, 0.2) is 0 Å². The number of rotatable bonds is 2. The average Bonchev–Trinajstić information content (AvgIpc) is 2.89. The van der Waals surface area contributed by atoms with Crippen LogP contribution >= 0.6 is 0 Å². The molecule has 102 valence electrons. The molecule has 0 saturated heterocycles. The van der Waals surface area contributed by atoms with Crippen molar-refractivity contribution in [2.24, 2.45) is 0 Å². The highest BCUT2D eigenvalue weighted by Crippen LogP contribution is 2.28.